The van der Waals surface area contributed by atoms with Crippen molar-refractivity contribution in [3.8, 4) is 5.75 Å². The molecule has 0 aliphatic heterocycles. The third kappa shape index (κ3) is 5.20. The van der Waals surface area contributed by atoms with Crippen molar-refractivity contribution in [2.45, 2.75) is 37.8 Å². The third-order valence-corrected chi connectivity index (χ3v) is 5.24. The first-order valence-corrected chi connectivity index (χ1v) is 9.83. The molecule has 28 heavy (non-hydrogen) atoms. The number of benzene rings is 2. The summed E-state index contributed by atoms with van der Waals surface area (Å²) in [6.45, 7) is 2.96. The molecule has 3 aromatic rings. The summed E-state index contributed by atoms with van der Waals surface area (Å²) >= 11 is 1.78. The molecule has 0 amide bonds. The Labute approximate surface area is 165 Å². The molecule has 0 N–H and O–H groups in total. The Hall–Kier alpha value is -2.19. The first kappa shape index (κ1) is 20.5. The van der Waals surface area contributed by atoms with Gasteiger partial charge in [-0.15, -0.1) is 24.9 Å². The van der Waals surface area contributed by atoms with E-state index in [0.29, 0.717) is 13.2 Å². The first-order chi connectivity index (χ1) is 13.4. The summed E-state index contributed by atoms with van der Waals surface area (Å²) in [5.74, 6) is 1.57. The Bertz CT molecular complexity index is 924. The van der Waals surface area contributed by atoms with Crippen molar-refractivity contribution in [1.82, 2.24) is 9.55 Å². The Balaban J connectivity index is 1.90. The quantitative estimate of drug-likeness (QED) is 0.451. The van der Waals surface area contributed by atoms with Gasteiger partial charge < -0.3 is 14.0 Å². The highest BCUT2D eigenvalue weighted by Gasteiger charge is 2.30. The van der Waals surface area contributed by atoms with Gasteiger partial charge in [0.25, 0.3) is 0 Å². The standard InChI is InChI=1S/C20H21F3N2O2S/c1-3-10-28-16-8-9-17-18(11-16)25(19(24-17)13-26-2)12-14-4-6-15(7-5-14)27-20(21,22)23/h4-9,11H,3,10,12-13H2,1-2H3. The Kier molecular flexibility index (Phi) is 6.51. The van der Waals surface area contributed by atoms with Crippen LogP contribution in [0.1, 0.15) is 24.7 Å². The Morgan fingerprint density at radius 1 is 1.11 bits per heavy atom. The Morgan fingerprint density at radius 2 is 1.86 bits per heavy atom. The monoisotopic (exact) mass is 410 g/mol. The number of rotatable bonds is 8. The van der Waals surface area contributed by atoms with Crippen LogP contribution >= 0.6 is 11.8 Å². The number of fused-ring (bicyclic) bond motifs is 1. The summed E-state index contributed by atoms with van der Waals surface area (Å²) in [5, 5.41) is 0. The van der Waals surface area contributed by atoms with E-state index in [0.717, 1.165) is 39.5 Å². The Morgan fingerprint density at radius 3 is 2.50 bits per heavy atom. The van der Waals surface area contributed by atoms with Crippen molar-refractivity contribution in [3.63, 3.8) is 0 Å². The van der Waals surface area contributed by atoms with E-state index in [2.05, 4.69) is 28.8 Å². The number of hydrogen-bond donors (Lipinski definition) is 0. The average Bonchev–Trinajstić information content (AvgIpc) is 2.97. The fraction of sp³-hybridized carbons (Fsp3) is 0.350. The zero-order valence-corrected chi connectivity index (χ0v) is 16.4. The summed E-state index contributed by atoms with van der Waals surface area (Å²) in [7, 11) is 1.61. The van der Waals surface area contributed by atoms with E-state index in [4.69, 9.17) is 4.74 Å². The lowest BCUT2D eigenvalue weighted by atomic mass is 10.2. The SMILES string of the molecule is CCCSc1ccc2nc(COC)n(Cc3ccc(OC(F)(F)F)cc3)c2c1. The number of imidazole rings is 1. The number of alkyl halides is 3. The number of ether oxygens (including phenoxy) is 2. The fourth-order valence-electron chi connectivity index (χ4n) is 2.86. The zero-order chi connectivity index (χ0) is 20.1. The molecule has 0 spiro atoms. The summed E-state index contributed by atoms with van der Waals surface area (Å²) in [6.07, 6.45) is -3.61. The lowest BCUT2D eigenvalue weighted by Crippen LogP contribution is -2.17. The van der Waals surface area contributed by atoms with E-state index in [-0.39, 0.29) is 5.75 Å². The van der Waals surface area contributed by atoms with Crippen molar-refractivity contribution >= 4 is 22.8 Å². The molecule has 4 nitrogen and oxygen atoms in total. The highest BCUT2D eigenvalue weighted by molar-refractivity contribution is 7.99. The van der Waals surface area contributed by atoms with Crippen LogP contribution in [0.25, 0.3) is 11.0 Å². The molecular formula is C20H21F3N2O2S. The third-order valence-electron chi connectivity index (χ3n) is 4.04. The van der Waals surface area contributed by atoms with Crippen LogP contribution in [-0.4, -0.2) is 28.8 Å². The van der Waals surface area contributed by atoms with E-state index in [1.165, 1.54) is 12.1 Å². The van der Waals surface area contributed by atoms with Gasteiger partial charge in [0.1, 0.15) is 18.2 Å². The van der Waals surface area contributed by atoms with E-state index in [1.807, 2.05) is 10.6 Å². The molecule has 0 bridgehead atoms. The smallest absolute Gasteiger partial charge is 0.406 e. The predicted octanol–water partition coefficient (Wildman–Crippen LogP) is 5.63. The molecule has 0 aliphatic rings. The van der Waals surface area contributed by atoms with Gasteiger partial charge in [0.15, 0.2) is 0 Å². The number of halogens is 3. The second-order valence-corrected chi connectivity index (χ2v) is 7.41. The first-order valence-electron chi connectivity index (χ1n) is 8.85. The van der Waals surface area contributed by atoms with E-state index < -0.39 is 6.36 Å². The maximum Gasteiger partial charge on any atom is 0.573 e. The highest BCUT2D eigenvalue weighted by atomic mass is 32.2. The van der Waals surface area contributed by atoms with Gasteiger partial charge in [-0.3, -0.25) is 0 Å². The summed E-state index contributed by atoms with van der Waals surface area (Å²) in [6, 6.07) is 12.0. The molecule has 0 saturated carbocycles. The van der Waals surface area contributed by atoms with Crippen LogP contribution in [0, 0.1) is 0 Å². The molecule has 1 heterocycles. The van der Waals surface area contributed by atoms with Crippen LogP contribution in [-0.2, 0) is 17.9 Å². The van der Waals surface area contributed by atoms with Crippen LogP contribution in [0.2, 0.25) is 0 Å². The molecule has 0 fully saturated rings. The predicted molar refractivity (Wildman–Crippen MR) is 104 cm³/mol. The summed E-state index contributed by atoms with van der Waals surface area (Å²) in [5.41, 5.74) is 2.69. The van der Waals surface area contributed by atoms with E-state index in [9.17, 15) is 13.2 Å². The van der Waals surface area contributed by atoms with Crippen LogP contribution in [0.4, 0.5) is 13.2 Å². The van der Waals surface area contributed by atoms with Gasteiger partial charge in [-0.25, -0.2) is 4.98 Å². The van der Waals surface area contributed by atoms with Crippen molar-refractivity contribution < 1.29 is 22.6 Å². The minimum atomic E-state index is -4.69. The second-order valence-electron chi connectivity index (χ2n) is 6.24. The number of methoxy groups -OCH3 is 1. The normalized spacial score (nSPS) is 11.9. The largest absolute Gasteiger partial charge is 0.573 e. The zero-order valence-electron chi connectivity index (χ0n) is 15.6. The van der Waals surface area contributed by atoms with Crippen molar-refractivity contribution in [2.75, 3.05) is 12.9 Å². The molecule has 0 saturated heterocycles. The van der Waals surface area contributed by atoms with Gasteiger partial charge in [0.2, 0.25) is 0 Å². The van der Waals surface area contributed by atoms with E-state index in [1.54, 1.807) is 31.0 Å². The molecule has 0 radical (unpaired) electrons. The lowest BCUT2D eigenvalue weighted by Gasteiger charge is -2.12. The summed E-state index contributed by atoms with van der Waals surface area (Å²) in [4.78, 5) is 5.80. The van der Waals surface area contributed by atoms with Gasteiger partial charge in [0.05, 0.1) is 11.0 Å². The number of aromatic nitrogens is 2. The molecule has 150 valence electrons. The molecule has 2 aromatic carbocycles. The molecule has 0 unspecified atom stereocenters. The minimum absolute atomic E-state index is 0.234. The minimum Gasteiger partial charge on any atom is -0.406 e. The number of nitrogens with zero attached hydrogens (tertiary/aromatic N) is 2. The van der Waals surface area contributed by atoms with E-state index >= 15 is 0 Å². The van der Waals surface area contributed by atoms with Gasteiger partial charge in [-0.2, -0.15) is 0 Å². The molecular weight excluding hydrogens is 389 g/mol. The fourth-order valence-corrected chi connectivity index (χ4v) is 3.66. The van der Waals surface area contributed by atoms with Gasteiger partial charge in [-0.05, 0) is 48.1 Å². The maximum absolute atomic E-state index is 12.3. The van der Waals surface area contributed by atoms with Crippen LogP contribution in [0.3, 0.4) is 0 Å². The molecule has 1 aromatic heterocycles. The average molecular weight is 410 g/mol. The summed E-state index contributed by atoms with van der Waals surface area (Å²) < 4.78 is 48.2. The van der Waals surface area contributed by atoms with Crippen LogP contribution < -0.4 is 4.74 Å². The van der Waals surface area contributed by atoms with Gasteiger partial charge >= 0.3 is 6.36 Å². The number of thioether (sulfide) groups is 1. The second kappa shape index (κ2) is 8.87. The van der Waals surface area contributed by atoms with Crippen LogP contribution in [0.15, 0.2) is 47.4 Å². The van der Waals surface area contributed by atoms with Gasteiger partial charge in [0, 0.05) is 18.6 Å². The lowest BCUT2D eigenvalue weighted by molar-refractivity contribution is -0.274. The topological polar surface area (TPSA) is 36.3 Å². The highest BCUT2D eigenvalue weighted by Crippen LogP contribution is 2.27. The molecule has 0 aliphatic carbocycles. The molecule has 0 atom stereocenters. The molecule has 8 heteroatoms. The number of hydrogen-bond acceptors (Lipinski definition) is 4. The van der Waals surface area contributed by atoms with Crippen molar-refractivity contribution in [1.29, 1.82) is 0 Å². The van der Waals surface area contributed by atoms with Crippen molar-refractivity contribution in [3.05, 3.63) is 53.9 Å². The van der Waals surface area contributed by atoms with Crippen molar-refractivity contribution in [2.24, 2.45) is 0 Å². The molecule has 3 rings (SSSR count). The van der Waals surface area contributed by atoms with Crippen LogP contribution in [0.5, 0.6) is 5.75 Å². The maximum atomic E-state index is 12.3. The van der Waals surface area contributed by atoms with Gasteiger partial charge in [-0.1, -0.05) is 19.1 Å².